The second-order valence-corrected chi connectivity index (χ2v) is 3.55. The zero-order valence-corrected chi connectivity index (χ0v) is 9.22. The summed E-state index contributed by atoms with van der Waals surface area (Å²) in [7, 11) is 0. The Kier molecular flexibility index (Phi) is 10.1. The van der Waals surface area contributed by atoms with Crippen molar-refractivity contribution in [3.63, 3.8) is 0 Å². The standard InChI is InChI=1S/C11H23NO2/c1-2-11(14)12-9-7-5-3-4-6-8-10-13/h13H,2-10H2,1H3,(H,12,14). The quantitative estimate of drug-likeness (QED) is 0.559. The van der Waals surface area contributed by atoms with Crippen molar-refractivity contribution in [2.75, 3.05) is 13.2 Å². The average Bonchev–Trinajstić information content (AvgIpc) is 2.21. The number of amides is 1. The fourth-order valence-corrected chi connectivity index (χ4v) is 1.30. The van der Waals surface area contributed by atoms with Gasteiger partial charge in [-0.3, -0.25) is 4.79 Å². The highest BCUT2D eigenvalue weighted by molar-refractivity contribution is 5.75. The van der Waals surface area contributed by atoms with Crippen LogP contribution in [-0.2, 0) is 4.79 Å². The highest BCUT2D eigenvalue weighted by Crippen LogP contribution is 2.04. The molecule has 2 N–H and O–H groups in total. The zero-order valence-electron chi connectivity index (χ0n) is 9.22. The molecule has 0 radical (unpaired) electrons. The molecule has 0 aromatic heterocycles. The largest absolute Gasteiger partial charge is 0.396 e. The van der Waals surface area contributed by atoms with Gasteiger partial charge in [0.15, 0.2) is 0 Å². The monoisotopic (exact) mass is 201 g/mol. The normalized spacial score (nSPS) is 10.1. The van der Waals surface area contributed by atoms with Crippen LogP contribution in [0.1, 0.15) is 51.9 Å². The third kappa shape index (κ3) is 9.52. The lowest BCUT2D eigenvalue weighted by Crippen LogP contribution is -2.23. The number of unbranched alkanes of at least 4 members (excludes halogenated alkanes) is 5. The first kappa shape index (κ1) is 13.4. The Bertz CT molecular complexity index is 137. The summed E-state index contributed by atoms with van der Waals surface area (Å²) in [6.07, 6.45) is 7.28. The number of hydrogen-bond acceptors (Lipinski definition) is 2. The molecular formula is C11H23NO2. The highest BCUT2D eigenvalue weighted by Gasteiger charge is 1.95. The summed E-state index contributed by atoms with van der Waals surface area (Å²) in [5.74, 6) is 0.144. The molecule has 0 unspecified atom stereocenters. The van der Waals surface area contributed by atoms with Gasteiger partial charge in [0, 0.05) is 19.6 Å². The molecule has 84 valence electrons. The van der Waals surface area contributed by atoms with Crippen LogP contribution in [0.15, 0.2) is 0 Å². The van der Waals surface area contributed by atoms with Gasteiger partial charge in [-0.2, -0.15) is 0 Å². The van der Waals surface area contributed by atoms with E-state index in [0.717, 1.165) is 25.8 Å². The van der Waals surface area contributed by atoms with Crippen molar-refractivity contribution in [2.24, 2.45) is 0 Å². The van der Waals surface area contributed by atoms with Crippen molar-refractivity contribution in [1.29, 1.82) is 0 Å². The minimum Gasteiger partial charge on any atom is -0.396 e. The third-order valence-electron chi connectivity index (χ3n) is 2.23. The molecule has 1 amide bonds. The van der Waals surface area contributed by atoms with E-state index in [4.69, 9.17) is 5.11 Å². The molecule has 0 aromatic rings. The van der Waals surface area contributed by atoms with E-state index in [0.29, 0.717) is 13.0 Å². The molecule has 0 bridgehead atoms. The van der Waals surface area contributed by atoms with Crippen LogP contribution in [0.25, 0.3) is 0 Å². The van der Waals surface area contributed by atoms with Gasteiger partial charge in [0.2, 0.25) is 5.91 Å². The van der Waals surface area contributed by atoms with E-state index in [1.807, 2.05) is 6.92 Å². The number of rotatable bonds is 9. The maximum atomic E-state index is 10.8. The molecule has 0 fully saturated rings. The first-order valence-electron chi connectivity index (χ1n) is 5.68. The molecular weight excluding hydrogens is 178 g/mol. The zero-order chi connectivity index (χ0) is 10.6. The van der Waals surface area contributed by atoms with Gasteiger partial charge in [-0.15, -0.1) is 0 Å². The number of hydrogen-bond donors (Lipinski definition) is 2. The van der Waals surface area contributed by atoms with Gasteiger partial charge in [0.25, 0.3) is 0 Å². The van der Waals surface area contributed by atoms with E-state index >= 15 is 0 Å². The van der Waals surface area contributed by atoms with Gasteiger partial charge < -0.3 is 10.4 Å². The Morgan fingerprint density at radius 1 is 1.07 bits per heavy atom. The van der Waals surface area contributed by atoms with Crippen molar-refractivity contribution in [3.8, 4) is 0 Å². The molecule has 14 heavy (non-hydrogen) atoms. The van der Waals surface area contributed by atoms with Crippen LogP contribution in [-0.4, -0.2) is 24.2 Å². The van der Waals surface area contributed by atoms with Gasteiger partial charge in [-0.1, -0.05) is 32.6 Å². The Labute approximate surface area is 86.9 Å². The van der Waals surface area contributed by atoms with Crippen molar-refractivity contribution in [3.05, 3.63) is 0 Å². The molecule has 0 atom stereocenters. The molecule has 0 aliphatic rings. The summed E-state index contributed by atoms with van der Waals surface area (Å²) < 4.78 is 0. The Hall–Kier alpha value is -0.570. The van der Waals surface area contributed by atoms with Gasteiger partial charge in [0.1, 0.15) is 0 Å². The summed E-state index contributed by atoms with van der Waals surface area (Å²) in [6, 6.07) is 0. The minimum atomic E-state index is 0.144. The fourth-order valence-electron chi connectivity index (χ4n) is 1.30. The lowest BCUT2D eigenvalue weighted by molar-refractivity contribution is -0.120. The second kappa shape index (κ2) is 10.5. The molecule has 3 heteroatoms. The molecule has 0 saturated carbocycles. The van der Waals surface area contributed by atoms with Gasteiger partial charge in [-0.05, 0) is 12.8 Å². The molecule has 3 nitrogen and oxygen atoms in total. The van der Waals surface area contributed by atoms with Crippen LogP contribution in [0.5, 0.6) is 0 Å². The van der Waals surface area contributed by atoms with Gasteiger partial charge in [0.05, 0.1) is 0 Å². The number of aliphatic hydroxyl groups excluding tert-OH is 1. The van der Waals surface area contributed by atoms with Crippen LogP contribution in [0.2, 0.25) is 0 Å². The molecule has 0 spiro atoms. The Morgan fingerprint density at radius 2 is 1.64 bits per heavy atom. The molecule has 0 aromatic carbocycles. The van der Waals surface area contributed by atoms with E-state index in [9.17, 15) is 4.79 Å². The lowest BCUT2D eigenvalue weighted by Gasteiger charge is -2.03. The van der Waals surface area contributed by atoms with Gasteiger partial charge >= 0.3 is 0 Å². The summed E-state index contributed by atoms with van der Waals surface area (Å²) in [4.78, 5) is 10.8. The van der Waals surface area contributed by atoms with Crippen molar-refractivity contribution in [1.82, 2.24) is 5.32 Å². The van der Waals surface area contributed by atoms with Crippen LogP contribution in [0.3, 0.4) is 0 Å². The first-order valence-corrected chi connectivity index (χ1v) is 5.68. The topological polar surface area (TPSA) is 49.3 Å². The molecule has 0 aliphatic carbocycles. The highest BCUT2D eigenvalue weighted by atomic mass is 16.2. The molecule has 0 saturated heterocycles. The van der Waals surface area contributed by atoms with Crippen LogP contribution in [0.4, 0.5) is 0 Å². The average molecular weight is 201 g/mol. The molecule has 0 heterocycles. The number of aliphatic hydroxyl groups is 1. The van der Waals surface area contributed by atoms with Crippen molar-refractivity contribution >= 4 is 5.91 Å². The van der Waals surface area contributed by atoms with E-state index < -0.39 is 0 Å². The number of nitrogens with one attached hydrogen (secondary N) is 1. The summed E-state index contributed by atoms with van der Waals surface area (Å²) in [5.41, 5.74) is 0. The maximum absolute atomic E-state index is 10.8. The minimum absolute atomic E-state index is 0.144. The van der Waals surface area contributed by atoms with Crippen molar-refractivity contribution in [2.45, 2.75) is 51.9 Å². The van der Waals surface area contributed by atoms with Crippen LogP contribution >= 0.6 is 0 Å². The summed E-state index contributed by atoms with van der Waals surface area (Å²) in [6.45, 7) is 2.99. The predicted molar refractivity (Wildman–Crippen MR) is 58.1 cm³/mol. The maximum Gasteiger partial charge on any atom is 0.219 e. The SMILES string of the molecule is CCC(=O)NCCCCCCCCO. The number of carbonyl (C=O) groups is 1. The fraction of sp³-hybridized carbons (Fsp3) is 0.909. The Morgan fingerprint density at radius 3 is 2.21 bits per heavy atom. The van der Waals surface area contributed by atoms with Crippen LogP contribution < -0.4 is 5.32 Å². The lowest BCUT2D eigenvalue weighted by atomic mass is 10.1. The molecule has 0 aliphatic heterocycles. The van der Waals surface area contributed by atoms with E-state index in [-0.39, 0.29) is 5.91 Å². The van der Waals surface area contributed by atoms with Crippen LogP contribution in [0, 0.1) is 0 Å². The third-order valence-corrected chi connectivity index (χ3v) is 2.23. The van der Waals surface area contributed by atoms with Crippen molar-refractivity contribution < 1.29 is 9.90 Å². The predicted octanol–water partition coefficient (Wildman–Crippen LogP) is 1.85. The Balaban J connectivity index is 2.95. The smallest absolute Gasteiger partial charge is 0.219 e. The van der Waals surface area contributed by atoms with Gasteiger partial charge in [-0.25, -0.2) is 0 Å². The summed E-state index contributed by atoms with van der Waals surface area (Å²) >= 11 is 0. The van der Waals surface area contributed by atoms with E-state index in [1.54, 1.807) is 0 Å². The number of carbonyl (C=O) groups excluding carboxylic acids is 1. The first-order chi connectivity index (χ1) is 6.81. The summed E-state index contributed by atoms with van der Waals surface area (Å²) in [5, 5.41) is 11.4. The van der Waals surface area contributed by atoms with E-state index in [1.165, 1.54) is 19.3 Å². The second-order valence-electron chi connectivity index (χ2n) is 3.55. The van der Waals surface area contributed by atoms with E-state index in [2.05, 4.69) is 5.32 Å². The molecule has 0 rings (SSSR count).